The van der Waals surface area contributed by atoms with Gasteiger partial charge in [0.1, 0.15) is 12.1 Å². The molecule has 0 fully saturated rings. The molecule has 3 amide bonds. The summed E-state index contributed by atoms with van der Waals surface area (Å²) in [6.45, 7) is 7.32. The van der Waals surface area contributed by atoms with Crippen molar-refractivity contribution in [2.24, 2.45) is 0 Å². The van der Waals surface area contributed by atoms with E-state index >= 15 is 0 Å². The molecule has 0 aliphatic heterocycles. The number of benzene rings is 2. The normalized spacial score (nSPS) is 10.8. The molecule has 0 heterocycles. The first-order valence-electron chi connectivity index (χ1n) is 9.33. The number of anilines is 1. The summed E-state index contributed by atoms with van der Waals surface area (Å²) in [7, 11) is 0. The van der Waals surface area contributed by atoms with E-state index in [1.54, 1.807) is 51.1 Å². The predicted octanol–water partition coefficient (Wildman–Crippen LogP) is 3.39. The van der Waals surface area contributed by atoms with E-state index in [2.05, 4.69) is 16.0 Å². The van der Waals surface area contributed by atoms with Gasteiger partial charge < -0.3 is 20.7 Å². The fourth-order valence-corrected chi connectivity index (χ4v) is 2.42. The van der Waals surface area contributed by atoms with Crippen LogP contribution in [0.5, 0.6) is 0 Å². The highest BCUT2D eigenvalue weighted by molar-refractivity contribution is 5.94. The van der Waals surface area contributed by atoms with E-state index in [0.29, 0.717) is 17.8 Å². The van der Waals surface area contributed by atoms with Crippen LogP contribution < -0.4 is 16.0 Å². The second kappa shape index (κ2) is 9.73. The average Bonchev–Trinajstić information content (AvgIpc) is 2.64. The van der Waals surface area contributed by atoms with Gasteiger partial charge in [-0.25, -0.2) is 4.79 Å². The van der Waals surface area contributed by atoms with Crippen LogP contribution in [0.1, 0.15) is 42.3 Å². The van der Waals surface area contributed by atoms with Crippen molar-refractivity contribution in [3.63, 3.8) is 0 Å². The lowest BCUT2D eigenvalue weighted by molar-refractivity contribution is -0.115. The fraction of sp³-hybridized carbons (Fsp3) is 0.318. The molecule has 154 valence electrons. The largest absolute Gasteiger partial charge is 0.444 e. The number of hydrogen-bond donors (Lipinski definition) is 3. The van der Waals surface area contributed by atoms with Crippen LogP contribution in [0.15, 0.2) is 48.5 Å². The molecule has 29 heavy (non-hydrogen) atoms. The first kappa shape index (κ1) is 21.9. The number of hydrogen-bond acceptors (Lipinski definition) is 4. The van der Waals surface area contributed by atoms with Gasteiger partial charge in [-0.15, -0.1) is 0 Å². The summed E-state index contributed by atoms with van der Waals surface area (Å²) < 4.78 is 5.08. The second-order valence-corrected chi connectivity index (χ2v) is 7.65. The van der Waals surface area contributed by atoms with E-state index in [0.717, 1.165) is 11.1 Å². The minimum atomic E-state index is -0.653. The Balaban J connectivity index is 1.84. The average molecular weight is 397 g/mol. The zero-order valence-corrected chi connectivity index (χ0v) is 17.2. The number of rotatable bonds is 6. The summed E-state index contributed by atoms with van der Waals surface area (Å²) in [5, 5.41) is 7.96. The summed E-state index contributed by atoms with van der Waals surface area (Å²) in [4.78, 5) is 35.8. The number of aryl methyl sites for hydroxylation is 1. The number of nitrogens with one attached hydrogen (secondary N) is 3. The molecule has 0 unspecified atom stereocenters. The Morgan fingerprint density at radius 3 is 2.31 bits per heavy atom. The van der Waals surface area contributed by atoms with E-state index in [1.807, 2.05) is 25.1 Å². The first-order valence-corrected chi connectivity index (χ1v) is 9.33. The molecule has 0 atom stereocenters. The number of carbonyl (C=O) groups is 3. The molecule has 2 aromatic carbocycles. The number of carbonyl (C=O) groups excluding carboxylic acids is 3. The molecular weight excluding hydrogens is 370 g/mol. The molecule has 0 radical (unpaired) electrons. The van der Waals surface area contributed by atoms with Crippen molar-refractivity contribution in [2.75, 3.05) is 11.9 Å². The second-order valence-electron chi connectivity index (χ2n) is 7.65. The molecule has 0 bridgehead atoms. The third-order valence-electron chi connectivity index (χ3n) is 3.77. The van der Waals surface area contributed by atoms with Gasteiger partial charge in [0, 0.05) is 17.8 Å². The van der Waals surface area contributed by atoms with Crippen LogP contribution in [0.25, 0.3) is 0 Å². The molecule has 0 aromatic heterocycles. The van der Waals surface area contributed by atoms with Crippen molar-refractivity contribution < 1.29 is 19.1 Å². The van der Waals surface area contributed by atoms with Crippen LogP contribution in [0.2, 0.25) is 0 Å². The number of alkyl carbamates (subject to hydrolysis) is 1. The quantitative estimate of drug-likeness (QED) is 0.696. The first-order chi connectivity index (χ1) is 13.6. The Hall–Kier alpha value is -3.35. The molecule has 0 spiro atoms. The third-order valence-corrected chi connectivity index (χ3v) is 3.77. The van der Waals surface area contributed by atoms with Crippen LogP contribution in [0, 0.1) is 6.92 Å². The molecule has 3 N–H and O–H groups in total. The molecule has 0 aliphatic carbocycles. The predicted molar refractivity (Wildman–Crippen MR) is 112 cm³/mol. The molecular formula is C22H27N3O4. The van der Waals surface area contributed by atoms with E-state index in [9.17, 15) is 14.4 Å². The van der Waals surface area contributed by atoms with Crippen molar-refractivity contribution in [3.05, 3.63) is 65.2 Å². The van der Waals surface area contributed by atoms with Gasteiger partial charge >= 0.3 is 6.09 Å². The minimum absolute atomic E-state index is 0.166. The Bertz CT molecular complexity index is 870. The van der Waals surface area contributed by atoms with Crippen molar-refractivity contribution in [1.82, 2.24) is 10.6 Å². The monoisotopic (exact) mass is 397 g/mol. The maximum atomic E-state index is 12.2. The van der Waals surface area contributed by atoms with Gasteiger partial charge in [0.05, 0.1) is 0 Å². The molecule has 0 aliphatic rings. The Morgan fingerprint density at radius 2 is 1.66 bits per heavy atom. The zero-order chi connectivity index (χ0) is 21.4. The van der Waals surface area contributed by atoms with Crippen LogP contribution >= 0.6 is 0 Å². The SMILES string of the molecule is Cc1ccc(C(=O)NCc2cccc(NC(=O)CNC(=O)OC(C)(C)C)c2)cc1. The Kier molecular flexibility index (Phi) is 7.36. The third kappa shape index (κ3) is 8.04. The Labute approximate surface area is 170 Å². The van der Waals surface area contributed by atoms with E-state index in [-0.39, 0.29) is 18.4 Å². The lowest BCUT2D eigenvalue weighted by Gasteiger charge is -2.19. The van der Waals surface area contributed by atoms with Gasteiger partial charge in [0.2, 0.25) is 5.91 Å². The highest BCUT2D eigenvalue weighted by Crippen LogP contribution is 2.11. The molecule has 7 heteroatoms. The van der Waals surface area contributed by atoms with Crippen molar-refractivity contribution >= 4 is 23.6 Å². The van der Waals surface area contributed by atoms with Crippen molar-refractivity contribution in [3.8, 4) is 0 Å². The zero-order valence-electron chi connectivity index (χ0n) is 17.2. The summed E-state index contributed by atoms with van der Waals surface area (Å²) in [5.41, 5.74) is 2.46. The maximum Gasteiger partial charge on any atom is 0.408 e. The highest BCUT2D eigenvalue weighted by atomic mass is 16.6. The van der Waals surface area contributed by atoms with Crippen molar-refractivity contribution in [1.29, 1.82) is 0 Å². The molecule has 2 aromatic rings. The Morgan fingerprint density at radius 1 is 0.966 bits per heavy atom. The van der Waals surface area contributed by atoms with Gasteiger partial charge in [-0.05, 0) is 57.5 Å². The van der Waals surface area contributed by atoms with Crippen LogP contribution in [0.4, 0.5) is 10.5 Å². The van der Waals surface area contributed by atoms with E-state index in [1.165, 1.54) is 0 Å². The van der Waals surface area contributed by atoms with Crippen LogP contribution in [-0.2, 0) is 16.1 Å². The fourth-order valence-electron chi connectivity index (χ4n) is 2.42. The molecule has 0 saturated carbocycles. The van der Waals surface area contributed by atoms with Gasteiger partial charge in [-0.1, -0.05) is 29.8 Å². The lowest BCUT2D eigenvalue weighted by atomic mass is 10.1. The molecule has 2 rings (SSSR count). The van der Waals surface area contributed by atoms with E-state index in [4.69, 9.17) is 4.74 Å². The number of amides is 3. The van der Waals surface area contributed by atoms with E-state index < -0.39 is 11.7 Å². The highest BCUT2D eigenvalue weighted by Gasteiger charge is 2.16. The summed E-state index contributed by atoms with van der Waals surface area (Å²) >= 11 is 0. The van der Waals surface area contributed by atoms with Gasteiger partial charge in [-0.2, -0.15) is 0 Å². The summed E-state index contributed by atoms with van der Waals surface area (Å²) in [5.74, 6) is -0.544. The van der Waals surface area contributed by atoms with Crippen molar-refractivity contribution in [2.45, 2.75) is 39.8 Å². The molecule has 7 nitrogen and oxygen atoms in total. The minimum Gasteiger partial charge on any atom is -0.444 e. The van der Waals surface area contributed by atoms with Crippen LogP contribution in [-0.4, -0.2) is 30.1 Å². The standard InChI is InChI=1S/C22H27N3O4/c1-15-8-10-17(11-9-15)20(27)23-13-16-6-5-7-18(12-16)25-19(26)14-24-21(28)29-22(2,3)4/h5-12H,13-14H2,1-4H3,(H,23,27)(H,24,28)(H,25,26). The summed E-state index contributed by atoms with van der Waals surface area (Å²) in [6.07, 6.45) is -0.653. The van der Waals surface area contributed by atoms with Gasteiger partial charge in [-0.3, -0.25) is 9.59 Å². The molecule has 0 saturated heterocycles. The topological polar surface area (TPSA) is 96.5 Å². The number of ether oxygens (including phenoxy) is 1. The van der Waals surface area contributed by atoms with Crippen LogP contribution in [0.3, 0.4) is 0 Å². The smallest absolute Gasteiger partial charge is 0.408 e. The summed E-state index contributed by atoms with van der Waals surface area (Å²) in [6, 6.07) is 14.5. The van der Waals surface area contributed by atoms with Gasteiger partial charge in [0.15, 0.2) is 0 Å². The maximum absolute atomic E-state index is 12.2. The van der Waals surface area contributed by atoms with Gasteiger partial charge in [0.25, 0.3) is 5.91 Å². The lowest BCUT2D eigenvalue weighted by Crippen LogP contribution is -2.37.